The summed E-state index contributed by atoms with van der Waals surface area (Å²) >= 11 is 5.05. The van der Waals surface area contributed by atoms with E-state index in [4.69, 9.17) is 9.47 Å². The molecule has 3 aromatic rings. The van der Waals surface area contributed by atoms with Crippen LogP contribution < -0.4 is 14.8 Å². The van der Waals surface area contributed by atoms with E-state index in [0.717, 1.165) is 32.8 Å². The molecule has 0 aliphatic carbocycles. The second-order valence-corrected chi connectivity index (χ2v) is 7.90. The average molecular weight is 445 g/mol. The van der Waals surface area contributed by atoms with Crippen LogP contribution in [0.25, 0.3) is 11.3 Å². The molecule has 0 spiro atoms. The van der Waals surface area contributed by atoms with Crippen LogP contribution in [-0.4, -0.2) is 28.0 Å². The number of rotatable bonds is 4. The average Bonchev–Trinajstić information content (AvgIpc) is 2.84. The number of para-hydroxylation sites is 1. The number of aromatic nitrogens is 3. The quantitative estimate of drug-likeness (QED) is 0.572. The minimum absolute atomic E-state index is 0.446. The van der Waals surface area contributed by atoms with Crippen molar-refractivity contribution in [1.29, 1.82) is 0 Å². The first-order chi connectivity index (χ1) is 13.2. The van der Waals surface area contributed by atoms with E-state index in [2.05, 4.69) is 36.4 Å². The third-order valence-electron chi connectivity index (χ3n) is 4.08. The standard InChI is InChI=1S/C19H17BrN4O2S/c1-3-27-19-22-18-16(23-24-19)13-10-11(20)8-9-14(13)21-17(26-18)12-6-4-5-7-15(12)25-2/h4-10,17,21H,3H2,1-2H3/t17-/m1/s1. The van der Waals surface area contributed by atoms with E-state index in [0.29, 0.717) is 16.7 Å². The van der Waals surface area contributed by atoms with Crippen molar-refractivity contribution in [1.82, 2.24) is 15.2 Å². The first-order valence-corrected chi connectivity index (χ1v) is 10.2. The highest BCUT2D eigenvalue weighted by Crippen LogP contribution is 2.42. The molecule has 2 heterocycles. The Morgan fingerprint density at radius 3 is 2.89 bits per heavy atom. The molecule has 138 valence electrons. The number of ether oxygens (including phenoxy) is 2. The van der Waals surface area contributed by atoms with E-state index in [1.807, 2.05) is 49.4 Å². The fourth-order valence-electron chi connectivity index (χ4n) is 2.88. The van der Waals surface area contributed by atoms with Gasteiger partial charge in [-0.2, -0.15) is 4.98 Å². The van der Waals surface area contributed by atoms with E-state index in [1.165, 1.54) is 11.8 Å². The van der Waals surface area contributed by atoms with Gasteiger partial charge in [-0.1, -0.05) is 46.7 Å². The smallest absolute Gasteiger partial charge is 0.247 e. The fraction of sp³-hybridized carbons (Fsp3) is 0.211. The topological polar surface area (TPSA) is 69.2 Å². The van der Waals surface area contributed by atoms with Crippen LogP contribution >= 0.6 is 27.7 Å². The summed E-state index contributed by atoms with van der Waals surface area (Å²) in [5.74, 6) is 2.04. The van der Waals surface area contributed by atoms with Crippen LogP contribution in [0.4, 0.5) is 5.69 Å². The molecule has 1 aliphatic rings. The summed E-state index contributed by atoms with van der Waals surface area (Å²) in [7, 11) is 1.65. The summed E-state index contributed by atoms with van der Waals surface area (Å²) in [4.78, 5) is 4.59. The van der Waals surface area contributed by atoms with E-state index in [-0.39, 0.29) is 0 Å². The molecule has 0 saturated carbocycles. The Bertz CT molecular complexity index is 986. The highest BCUT2D eigenvalue weighted by atomic mass is 79.9. The first-order valence-electron chi connectivity index (χ1n) is 8.43. The van der Waals surface area contributed by atoms with Crippen LogP contribution in [0.1, 0.15) is 18.7 Å². The molecule has 0 fully saturated rings. The van der Waals surface area contributed by atoms with E-state index in [1.54, 1.807) is 7.11 Å². The predicted octanol–water partition coefficient (Wildman–Crippen LogP) is 4.92. The fourth-order valence-corrected chi connectivity index (χ4v) is 3.75. The molecule has 8 heteroatoms. The Balaban J connectivity index is 1.87. The molecule has 0 unspecified atom stereocenters. The lowest BCUT2D eigenvalue weighted by atomic mass is 10.1. The maximum Gasteiger partial charge on any atom is 0.247 e. The number of benzene rings is 2. The summed E-state index contributed by atoms with van der Waals surface area (Å²) in [5, 5.41) is 12.7. The van der Waals surface area contributed by atoms with Crippen molar-refractivity contribution in [2.75, 3.05) is 18.2 Å². The van der Waals surface area contributed by atoms with Gasteiger partial charge in [0.25, 0.3) is 0 Å². The van der Waals surface area contributed by atoms with Gasteiger partial charge in [-0.25, -0.2) is 0 Å². The molecular weight excluding hydrogens is 428 g/mol. The Labute approximate surface area is 169 Å². The summed E-state index contributed by atoms with van der Waals surface area (Å²) in [5.41, 5.74) is 3.26. The van der Waals surface area contributed by atoms with E-state index < -0.39 is 6.23 Å². The van der Waals surface area contributed by atoms with Crippen LogP contribution in [-0.2, 0) is 0 Å². The van der Waals surface area contributed by atoms with Gasteiger partial charge in [0.05, 0.1) is 12.7 Å². The molecule has 27 heavy (non-hydrogen) atoms. The molecule has 0 radical (unpaired) electrons. The Kier molecular flexibility index (Phi) is 5.18. The second-order valence-electron chi connectivity index (χ2n) is 5.76. The molecule has 1 atom stereocenters. The van der Waals surface area contributed by atoms with Gasteiger partial charge in [0.15, 0.2) is 5.69 Å². The van der Waals surface area contributed by atoms with Gasteiger partial charge < -0.3 is 14.8 Å². The number of methoxy groups -OCH3 is 1. The van der Waals surface area contributed by atoms with Gasteiger partial charge in [0.1, 0.15) is 5.75 Å². The Morgan fingerprint density at radius 1 is 1.22 bits per heavy atom. The normalized spacial score (nSPS) is 15.0. The molecule has 6 nitrogen and oxygen atoms in total. The molecule has 1 N–H and O–H groups in total. The van der Waals surface area contributed by atoms with Crippen molar-refractivity contribution in [2.24, 2.45) is 0 Å². The van der Waals surface area contributed by atoms with Gasteiger partial charge in [0.2, 0.25) is 17.3 Å². The van der Waals surface area contributed by atoms with Crippen LogP contribution in [0.3, 0.4) is 0 Å². The van der Waals surface area contributed by atoms with Gasteiger partial charge in [0, 0.05) is 15.7 Å². The van der Waals surface area contributed by atoms with E-state index >= 15 is 0 Å². The minimum Gasteiger partial charge on any atom is -0.496 e. The van der Waals surface area contributed by atoms with Crippen LogP contribution in [0.5, 0.6) is 11.6 Å². The van der Waals surface area contributed by atoms with Gasteiger partial charge >= 0.3 is 0 Å². The third kappa shape index (κ3) is 3.59. The lowest BCUT2D eigenvalue weighted by Crippen LogP contribution is -2.18. The van der Waals surface area contributed by atoms with Crippen LogP contribution in [0.2, 0.25) is 0 Å². The van der Waals surface area contributed by atoms with Crippen LogP contribution in [0, 0.1) is 0 Å². The highest BCUT2D eigenvalue weighted by Gasteiger charge is 2.28. The van der Waals surface area contributed by atoms with Crippen molar-refractivity contribution in [3.8, 4) is 22.9 Å². The maximum absolute atomic E-state index is 6.26. The van der Waals surface area contributed by atoms with Gasteiger partial charge in [-0.05, 0) is 36.1 Å². The van der Waals surface area contributed by atoms with Crippen molar-refractivity contribution in [3.63, 3.8) is 0 Å². The zero-order valence-electron chi connectivity index (χ0n) is 14.8. The molecule has 1 aromatic heterocycles. The number of hydrogen-bond acceptors (Lipinski definition) is 7. The minimum atomic E-state index is -0.474. The zero-order valence-corrected chi connectivity index (χ0v) is 17.2. The number of nitrogens with one attached hydrogen (secondary N) is 1. The number of halogens is 1. The first kappa shape index (κ1) is 18.1. The Hall–Kier alpha value is -2.32. The summed E-state index contributed by atoms with van der Waals surface area (Å²) in [6.07, 6.45) is -0.474. The SMILES string of the molecule is CCSc1nnc2c(n1)O[C@H](c1ccccc1OC)Nc1ccc(Br)cc1-2. The summed E-state index contributed by atoms with van der Waals surface area (Å²) < 4.78 is 12.7. The highest BCUT2D eigenvalue weighted by molar-refractivity contribution is 9.10. The van der Waals surface area contributed by atoms with Crippen molar-refractivity contribution < 1.29 is 9.47 Å². The summed E-state index contributed by atoms with van der Waals surface area (Å²) in [6.45, 7) is 2.05. The second kappa shape index (κ2) is 7.74. The molecule has 0 bridgehead atoms. The molecule has 0 saturated heterocycles. The van der Waals surface area contributed by atoms with Crippen molar-refractivity contribution in [3.05, 3.63) is 52.5 Å². The number of thioether (sulfide) groups is 1. The van der Waals surface area contributed by atoms with Gasteiger partial charge in [-0.15, -0.1) is 10.2 Å². The molecule has 1 aliphatic heterocycles. The zero-order chi connectivity index (χ0) is 18.8. The third-order valence-corrected chi connectivity index (χ3v) is 5.30. The molecular formula is C19H17BrN4O2S. The number of hydrogen-bond donors (Lipinski definition) is 1. The van der Waals surface area contributed by atoms with Gasteiger partial charge in [-0.3, -0.25) is 0 Å². The van der Waals surface area contributed by atoms with Crippen LogP contribution in [0.15, 0.2) is 52.1 Å². The van der Waals surface area contributed by atoms with E-state index in [9.17, 15) is 0 Å². The number of nitrogens with zero attached hydrogens (tertiary/aromatic N) is 3. The Morgan fingerprint density at radius 2 is 2.07 bits per heavy atom. The number of anilines is 1. The molecule has 0 amide bonds. The van der Waals surface area contributed by atoms with Crippen molar-refractivity contribution in [2.45, 2.75) is 18.3 Å². The molecule has 2 aromatic carbocycles. The largest absolute Gasteiger partial charge is 0.496 e. The lowest BCUT2D eigenvalue weighted by Gasteiger charge is -2.21. The number of fused-ring (bicyclic) bond motifs is 3. The lowest BCUT2D eigenvalue weighted by molar-refractivity contribution is 0.220. The molecule has 4 rings (SSSR count). The monoisotopic (exact) mass is 444 g/mol. The summed E-state index contributed by atoms with van der Waals surface area (Å²) in [6, 6.07) is 13.7. The predicted molar refractivity (Wildman–Crippen MR) is 109 cm³/mol. The maximum atomic E-state index is 6.26. The van der Waals surface area contributed by atoms with Crippen molar-refractivity contribution >= 4 is 33.4 Å².